The van der Waals surface area contributed by atoms with E-state index in [0.29, 0.717) is 0 Å². The normalized spacial score (nSPS) is 10.4. The van der Waals surface area contributed by atoms with Crippen molar-refractivity contribution >= 4 is 33.9 Å². The lowest BCUT2D eigenvalue weighted by Crippen LogP contribution is -2.13. The lowest BCUT2D eigenvalue weighted by atomic mass is 10.5. The molecule has 0 aliphatic carbocycles. The van der Waals surface area contributed by atoms with E-state index < -0.39 is 0 Å². The average Bonchev–Trinajstić information content (AvgIpc) is 2.37. The molecule has 0 saturated heterocycles. The summed E-state index contributed by atoms with van der Waals surface area (Å²) in [5.74, 6) is 0. The molecule has 0 aromatic carbocycles. The molecule has 0 aliphatic rings. The van der Waals surface area contributed by atoms with Gasteiger partial charge in [0.25, 0.3) is 0 Å². The molecule has 4 heteroatoms. The average molecular weight is 282 g/mol. The summed E-state index contributed by atoms with van der Waals surface area (Å²) < 4.78 is 1.26. The number of halogens is 1. The minimum absolute atomic E-state index is 0.918. The number of nitrogens with zero attached hydrogens (tertiary/aromatic N) is 1. The Bertz CT molecular complexity index is 212. The van der Waals surface area contributed by atoms with Gasteiger partial charge in [-0.2, -0.15) is 0 Å². The van der Waals surface area contributed by atoms with E-state index in [1.165, 1.54) is 14.3 Å². The molecule has 0 saturated carbocycles. The largest absolute Gasteiger partial charge is 0.310 e. The van der Waals surface area contributed by atoms with Crippen molar-refractivity contribution in [1.29, 1.82) is 0 Å². The van der Waals surface area contributed by atoms with Crippen molar-refractivity contribution in [2.24, 2.45) is 0 Å². The van der Waals surface area contributed by atoms with Crippen LogP contribution in [0.3, 0.4) is 0 Å². The van der Waals surface area contributed by atoms with E-state index >= 15 is 0 Å². The Hall–Kier alpha value is 0.320. The minimum Gasteiger partial charge on any atom is -0.310 e. The van der Waals surface area contributed by atoms with Crippen molar-refractivity contribution in [2.45, 2.75) is 19.9 Å². The molecular formula is C7H11IN2S. The van der Waals surface area contributed by atoms with E-state index in [1.807, 2.05) is 6.20 Å². The Kier molecular flexibility index (Phi) is 4.32. The zero-order valence-electron chi connectivity index (χ0n) is 6.43. The van der Waals surface area contributed by atoms with Gasteiger partial charge < -0.3 is 5.32 Å². The van der Waals surface area contributed by atoms with E-state index in [-0.39, 0.29) is 0 Å². The predicted molar refractivity (Wildman–Crippen MR) is 56.8 cm³/mol. The minimum atomic E-state index is 0.918. The van der Waals surface area contributed by atoms with Crippen LogP contribution in [0.2, 0.25) is 0 Å². The Morgan fingerprint density at radius 2 is 2.55 bits per heavy atom. The fraction of sp³-hybridized carbons (Fsp3) is 0.571. The van der Waals surface area contributed by atoms with Crippen molar-refractivity contribution in [3.63, 3.8) is 0 Å². The van der Waals surface area contributed by atoms with Gasteiger partial charge >= 0.3 is 0 Å². The standard InChI is InChI=1S/C7H11IN2S/c1-2-3-9-5-7-10-4-6(8)11-7/h4,9H,2-3,5H2,1H3. The van der Waals surface area contributed by atoms with Gasteiger partial charge in [-0.25, -0.2) is 4.98 Å². The third-order valence-corrected chi connectivity index (χ3v) is 2.95. The van der Waals surface area contributed by atoms with Crippen LogP contribution in [0.15, 0.2) is 6.20 Å². The summed E-state index contributed by atoms with van der Waals surface area (Å²) in [6, 6.07) is 0. The highest BCUT2D eigenvalue weighted by Crippen LogP contribution is 2.14. The molecular weight excluding hydrogens is 271 g/mol. The maximum atomic E-state index is 4.24. The Labute approximate surface area is 84.6 Å². The van der Waals surface area contributed by atoms with Crippen molar-refractivity contribution < 1.29 is 0 Å². The highest BCUT2D eigenvalue weighted by molar-refractivity contribution is 14.1. The SMILES string of the molecule is CCCNCc1ncc(I)s1. The quantitative estimate of drug-likeness (QED) is 0.676. The van der Waals surface area contributed by atoms with Gasteiger partial charge in [0, 0.05) is 6.54 Å². The Balaban J connectivity index is 2.27. The predicted octanol–water partition coefficient (Wildman–Crippen LogP) is 2.25. The number of thiazole rings is 1. The van der Waals surface area contributed by atoms with Gasteiger partial charge in [-0.3, -0.25) is 0 Å². The number of hydrogen-bond acceptors (Lipinski definition) is 3. The molecule has 11 heavy (non-hydrogen) atoms. The van der Waals surface area contributed by atoms with E-state index in [4.69, 9.17) is 0 Å². The van der Waals surface area contributed by atoms with E-state index in [9.17, 15) is 0 Å². The maximum Gasteiger partial charge on any atom is 0.107 e. The van der Waals surface area contributed by atoms with Crippen LogP contribution in [0.5, 0.6) is 0 Å². The molecule has 1 aromatic rings. The first-order valence-corrected chi connectivity index (χ1v) is 5.53. The molecule has 0 spiro atoms. The molecule has 0 radical (unpaired) electrons. The molecule has 1 rings (SSSR count). The number of rotatable bonds is 4. The lowest BCUT2D eigenvalue weighted by molar-refractivity contribution is 0.673. The molecule has 0 fully saturated rings. The molecule has 2 nitrogen and oxygen atoms in total. The highest BCUT2D eigenvalue weighted by Gasteiger charge is 1.96. The fourth-order valence-electron chi connectivity index (χ4n) is 0.742. The lowest BCUT2D eigenvalue weighted by Gasteiger charge is -1.96. The second kappa shape index (κ2) is 5.05. The molecule has 0 unspecified atom stereocenters. The van der Waals surface area contributed by atoms with Crippen LogP contribution in [-0.2, 0) is 6.54 Å². The van der Waals surface area contributed by atoms with Crippen molar-refractivity contribution in [3.05, 3.63) is 14.1 Å². The van der Waals surface area contributed by atoms with Crippen LogP contribution in [0.4, 0.5) is 0 Å². The third kappa shape index (κ3) is 3.48. The number of hydrogen-bond donors (Lipinski definition) is 1. The molecule has 0 amide bonds. The van der Waals surface area contributed by atoms with Crippen molar-refractivity contribution in [1.82, 2.24) is 10.3 Å². The first-order chi connectivity index (χ1) is 5.33. The molecule has 0 bridgehead atoms. The van der Waals surface area contributed by atoms with Crippen LogP contribution in [0.1, 0.15) is 18.4 Å². The summed E-state index contributed by atoms with van der Waals surface area (Å²) >= 11 is 4.04. The Morgan fingerprint density at radius 3 is 3.09 bits per heavy atom. The number of aromatic nitrogens is 1. The van der Waals surface area contributed by atoms with Crippen LogP contribution in [0.25, 0.3) is 0 Å². The summed E-state index contributed by atoms with van der Waals surface area (Å²) in [7, 11) is 0. The zero-order chi connectivity index (χ0) is 8.10. The van der Waals surface area contributed by atoms with Crippen LogP contribution < -0.4 is 5.32 Å². The molecule has 1 N–H and O–H groups in total. The molecule has 1 aromatic heterocycles. The molecule has 0 atom stereocenters. The molecule has 0 aliphatic heterocycles. The van der Waals surface area contributed by atoms with E-state index in [1.54, 1.807) is 11.3 Å². The third-order valence-electron chi connectivity index (χ3n) is 1.23. The topological polar surface area (TPSA) is 24.9 Å². The number of nitrogens with one attached hydrogen (secondary N) is 1. The smallest absolute Gasteiger partial charge is 0.107 e. The van der Waals surface area contributed by atoms with E-state index in [0.717, 1.165) is 13.1 Å². The summed E-state index contributed by atoms with van der Waals surface area (Å²) in [5.41, 5.74) is 0. The second-order valence-electron chi connectivity index (χ2n) is 2.23. The second-order valence-corrected chi connectivity index (χ2v) is 5.24. The Morgan fingerprint density at radius 1 is 1.73 bits per heavy atom. The summed E-state index contributed by atoms with van der Waals surface area (Å²) in [6.07, 6.45) is 3.09. The zero-order valence-corrected chi connectivity index (χ0v) is 9.41. The van der Waals surface area contributed by atoms with Gasteiger partial charge in [-0.1, -0.05) is 6.92 Å². The van der Waals surface area contributed by atoms with Gasteiger partial charge in [0.15, 0.2) is 0 Å². The monoisotopic (exact) mass is 282 g/mol. The van der Waals surface area contributed by atoms with Gasteiger partial charge in [0.2, 0.25) is 0 Å². The van der Waals surface area contributed by atoms with Crippen LogP contribution in [-0.4, -0.2) is 11.5 Å². The van der Waals surface area contributed by atoms with E-state index in [2.05, 4.69) is 39.8 Å². The van der Waals surface area contributed by atoms with Crippen molar-refractivity contribution in [2.75, 3.05) is 6.54 Å². The fourth-order valence-corrected chi connectivity index (χ4v) is 2.25. The summed E-state index contributed by atoms with van der Waals surface area (Å²) in [6.45, 7) is 4.16. The van der Waals surface area contributed by atoms with Gasteiger partial charge in [-0.15, -0.1) is 11.3 Å². The first-order valence-electron chi connectivity index (χ1n) is 3.64. The van der Waals surface area contributed by atoms with Crippen LogP contribution >= 0.6 is 33.9 Å². The summed E-state index contributed by atoms with van der Waals surface area (Å²) in [4.78, 5) is 4.24. The van der Waals surface area contributed by atoms with Gasteiger partial charge in [0.05, 0.1) is 9.08 Å². The van der Waals surface area contributed by atoms with Gasteiger partial charge in [0.1, 0.15) is 5.01 Å². The first kappa shape index (κ1) is 9.41. The maximum absolute atomic E-state index is 4.24. The molecule has 62 valence electrons. The summed E-state index contributed by atoms with van der Waals surface area (Å²) in [5, 5.41) is 4.49. The molecule has 1 heterocycles. The highest BCUT2D eigenvalue weighted by atomic mass is 127. The van der Waals surface area contributed by atoms with Crippen molar-refractivity contribution in [3.8, 4) is 0 Å². The van der Waals surface area contributed by atoms with Gasteiger partial charge in [-0.05, 0) is 35.6 Å². The van der Waals surface area contributed by atoms with Crippen LogP contribution in [0, 0.1) is 2.88 Å².